The van der Waals surface area contributed by atoms with Gasteiger partial charge in [-0.1, -0.05) is 45.4 Å². The summed E-state index contributed by atoms with van der Waals surface area (Å²) in [6.07, 6.45) is 9.41. The highest BCUT2D eigenvalue weighted by Crippen LogP contribution is 2.74. The van der Waals surface area contributed by atoms with Crippen LogP contribution < -0.4 is 0 Å². The fraction of sp³-hybridized carbons (Fsp3) is 0.895. The molecule has 246 valence electrons. The van der Waals surface area contributed by atoms with E-state index in [1.807, 2.05) is 6.92 Å². The molecule has 0 amide bonds. The fourth-order valence-electron chi connectivity index (χ4n) is 15.0. The summed E-state index contributed by atoms with van der Waals surface area (Å²) in [6, 6.07) is 0. The number of hydrogen-bond acceptors (Lipinski definition) is 4. The summed E-state index contributed by atoms with van der Waals surface area (Å²) in [5.74, 6) is -0.0388. The third-order valence-corrected chi connectivity index (χ3v) is 16.9. The SMILES string of the molecule is C[C@]12CCCC=C1CC[C@@H]1[C@H]2C(O)C[C@@]2(C)[C@H]1CC(F)C2(O)C1CCC=C2C(O)C[C@@H]3[C@@H](CC[C@]4(C)C(O)C(F)C[C@@H]34)[C@]21C. The standard InChI is InChI=1S/C38H56F2O4/c1-34-14-6-5-8-20(34)11-12-21-26-18-31(40)38(44,36(26,3)19-29(42)32(21)34)30-10-7-9-24-28(41)16-22-23(37(24,30)4)13-15-35(2)25(22)17-27(39)33(35)43/h8-9,21-23,25-33,41-44H,5-7,10-19H2,1-4H3/t21-,22+,23+,25-,26-,27?,28?,29?,30?,31?,32-,33?,34-,35-,36-,37+,38?/m0/s1. The van der Waals surface area contributed by atoms with Crippen LogP contribution in [0.3, 0.4) is 0 Å². The number of aliphatic hydroxyl groups is 4. The second-order valence-electron chi connectivity index (χ2n) is 18.0. The molecule has 0 spiro atoms. The minimum atomic E-state index is -1.62. The molecule has 0 radical (unpaired) electrons. The summed E-state index contributed by atoms with van der Waals surface area (Å²) >= 11 is 0. The first-order chi connectivity index (χ1) is 20.7. The highest BCUT2D eigenvalue weighted by atomic mass is 19.1. The van der Waals surface area contributed by atoms with Crippen molar-refractivity contribution in [3.05, 3.63) is 23.3 Å². The maximum Gasteiger partial charge on any atom is 0.130 e. The Kier molecular flexibility index (Phi) is 6.68. The van der Waals surface area contributed by atoms with Crippen molar-refractivity contribution < 1.29 is 29.2 Å². The first-order valence-corrected chi connectivity index (χ1v) is 18.2. The predicted octanol–water partition coefficient (Wildman–Crippen LogP) is 6.85. The molecule has 0 aromatic carbocycles. The quantitative estimate of drug-likeness (QED) is 0.244. The van der Waals surface area contributed by atoms with Gasteiger partial charge in [-0.25, -0.2) is 8.78 Å². The van der Waals surface area contributed by atoms with Crippen molar-refractivity contribution in [1.82, 2.24) is 0 Å². The molecule has 0 aromatic heterocycles. The smallest absolute Gasteiger partial charge is 0.130 e. The predicted molar refractivity (Wildman–Crippen MR) is 166 cm³/mol. The van der Waals surface area contributed by atoms with Gasteiger partial charge < -0.3 is 20.4 Å². The molecule has 0 aromatic rings. The van der Waals surface area contributed by atoms with E-state index >= 15 is 8.78 Å². The molecule has 17 atom stereocenters. The maximum atomic E-state index is 17.1. The van der Waals surface area contributed by atoms with E-state index in [-0.39, 0.29) is 40.9 Å². The van der Waals surface area contributed by atoms with Crippen molar-refractivity contribution in [1.29, 1.82) is 0 Å². The van der Waals surface area contributed by atoms with Gasteiger partial charge in [-0.3, -0.25) is 0 Å². The largest absolute Gasteiger partial charge is 0.393 e. The summed E-state index contributed by atoms with van der Waals surface area (Å²) < 4.78 is 32.2. The van der Waals surface area contributed by atoms with Crippen LogP contribution in [0.4, 0.5) is 8.78 Å². The number of alkyl halides is 2. The van der Waals surface area contributed by atoms with Crippen LogP contribution in [-0.2, 0) is 0 Å². The zero-order valence-corrected chi connectivity index (χ0v) is 27.3. The van der Waals surface area contributed by atoms with Gasteiger partial charge in [0.15, 0.2) is 0 Å². The summed E-state index contributed by atoms with van der Waals surface area (Å²) in [4.78, 5) is 0. The third-order valence-electron chi connectivity index (χ3n) is 16.9. The van der Waals surface area contributed by atoms with Crippen LogP contribution in [0, 0.1) is 63.1 Å². The molecule has 0 saturated heterocycles. The highest BCUT2D eigenvalue weighted by Gasteiger charge is 2.75. The Morgan fingerprint density at radius 1 is 0.818 bits per heavy atom. The van der Waals surface area contributed by atoms with Gasteiger partial charge in [0.1, 0.15) is 17.9 Å². The topological polar surface area (TPSA) is 80.9 Å². The van der Waals surface area contributed by atoms with Gasteiger partial charge in [0.2, 0.25) is 0 Å². The van der Waals surface area contributed by atoms with Gasteiger partial charge in [0, 0.05) is 11.3 Å². The lowest BCUT2D eigenvalue weighted by atomic mass is 9.40. The van der Waals surface area contributed by atoms with E-state index in [2.05, 4.69) is 32.9 Å². The van der Waals surface area contributed by atoms with Gasteiger partial charge in [-0.2, -0.15) is 0 Å². The molecule has 0 bridgehead atoms. The van der Waals surface area contributed by atoms with Crippen molar-refractivity contribution >= 4 is 0 Å². The Morgan fingerprint density at radius 3 is 2.36 bits per heavy atom. The summed E-state index contributed by atoms with van der Waals surface area (Å²) in [5.41, 5.74) is -1.14. The van der Waals surface area contributed by atoms with Crippen molar-refractivity contribution in [2.45, 2.75) is 147 Å². The monoisotopic (exact) mass is 614 g/mol. The van der Waals surface area contributed by atoms with Crippen LogP contribution in [-0.4, -0.2) is 56.7 Å². The average Bonchev–Trinajstić information content (AvgIpc) is 3.33. The van der Waals surface area contributed by atoms with Crippen LogP contribution in [0.1, 0.15) is 111 Å². The first-order valence-electron chi connectivity index (χ1n) is 18.2. The molecule has 8 aliphatic carbocycles. The molecular weight excluding hydrogens is 558 g/mol. The zero-order chi connectivity index (χ0) is 31.2. The van der Waals surface area contributed by atoms with Crippen molar-refractivity contribution in [2.75, 3.05) is 0 Å². The number of aliphatic hydroxyl groups excluding tert-OH is 3. The van der Waals surface area contributed by atoms with E-state index in [1.165, 1.54) is 5.57 Å². The Labute approximate surface area is 262 Å². The van der Waals surface area contributed by atoms with Crippen molar-refractivity contribution in [3.8, 4) is 0 Å². The second kappa shape index (κ2) is 9.63. The summed E-state index contributed by atoms with van der Waals surface area (Å²) in [7, 11) is 0. The van der Waals surface area contributed by atoms with Crippen LogP contribution in [0.2, 0.25) is 0 Å². The fourth-order valence-corrected chi connectivity index (χ4v) is 15.0. The molecule has 8 aliphatic rings. The lowest BCUT2D eigenvalue weighted by Gasteiger charge is -2.66. The van der Waals surface area contributed by atoms with E-state index in [9.17, 15) is 20.4 Å². The van der Waals surface area contributed by atoms with E-state index in [1.54, 1.807) is 0 Å². The molecule has 0 aliphatic heterocycles. The molecule has 0 heterocycles. The number of hydrogen-bond donors (Lipinski definition) is 4. The lowest BCUT2D eigenvalue weighted by Crippen LogP contribution is -2.67. The average molecular weight is 615 g/mol. The molecule has 6 saturated carbocycles. The van der Waals surface area contributed by atoms with Gasteiger partial charge in [0.05, 0.1) is 18.3 Å². The van der Waals surface area contributed by atoms with Gasteiger partial charge in [0.25, 0.3) is 0 Å². The van der Waals surface area contributed by atoms with Crippen LogP contribution >= 0.6 is 0 Å². The van der Waals surface area contributed by atoms with E-state index in [4.69, 9.17) is 0 Å². The number of allylic oxidation sites excluding steroid dienone is 3. The van der Waals surface area contributed by atoms with Crippen LogP contribution in [0.15, 0.2) is 23.3 Å². The van der Waals surface area contributed by atoms with Gasteiger partial charge >= 0.3 is 0 Å². The zero-order valence-electron chi connectivity index (χ0n) is 27.3. The maximum absolute atomic E-state index is 17.1. The Bertz CT molecular complexity index is 1270. The minimum absolute atomic E-state index is 0.00499. The Morgan fingerprint density at radius 2 is 1.59 bits per heavy atom. The van der Waals surface area contributed by atoms with Crippen LogP contribution in [0.25, 0.3) is 0 Å². The molecule has 6 fully saturated rings. The van der Waals surface area contributed by atoms with E-state index < -0.39 is 58.4 Å². The van der Waals surface area contributed by atoms with Crippen LogP contribution in [0.5, 0.6) is 0 Å². The van der Waals surface area contributed by atoms with Crippen molar-refractivity contribution in [3.63, 3.8) is 0 Å². The number of fused-ring (bicyclic) bond motifs is 10. The third kappa shape index (κ3) is 3.48. The number of halogens is 2. The Hall–Kier alpha value is -0.820. The molecule has 6 heteroatoms. The van der Waals surface area contributed by atoms with Crippen molar-refractivity contribution in [2.24, 2.45) is 63.1 Å². The van der Waals surface area contributed by atoms with E-state index in [0.29, 0.717) is 44.9 Å². The lowest BCUT2D eigenvalue weighted by molar-refractivity contribution is -0.231. The normalized spacial score (nSPS) is 61.4. The second-order valence-corrected chi connectivity index (χ2v) is 18.0. The molecule has 7 unspecified atom stereocenters. The molecule has 4 nitrogen and oxygen atoms in total. The summed E-state index contributed by atoms with van der Waals surface area (Å²) in [5, 5.41) is 48.0. The molecular formula is C38H56F2O4. The Balaban J connectivity index is 1.19. The highest BCUT2D eigenvalue weighted by molar-refractivity contribution is 5.35. The molecule has 8 rings (SSSR count). The molecule has 44 heavy (non-hydrogen) atoms. The summed E-state index contributed by atoms with van der Waals surface area (Å²) in [6.45, 7) is 8.66. The van der Waals surface area contributed by atoms with Gasteiger partial charge in [-0.05, 0) is 141 Å². The number of rotatable bonds is 1. The minimum Gasteiger partial charge on any atom is -0.393 e. The first kappa shape index (κ1) is 30.5. The molecule has 4 N–H and O–H groups in total. The van der Waals surface area contributed by atoms with E-state index in [0.717, 1.165) is 44.1 Å². The van der Waals surface area contributed by atoms with Gasteiger partial charge in [-0.15, -0.1) is 0 Å².